The fourth-order valence-electron chi connectivity index (χ4n) is 0.668. The summed E-state index contributed by atoms with van der Waals surface area (Å²) in [6, 6.07) is 0. The van der Waals surface area contributed by atoms with Crippen LogP contribution in [0.25, 0.3) is 0 Å². The van der Waals surface area contributed by atoms with Crippen molar-refractivity contribution in [2.24, 2.45) is 0 Å². The summed E-state index contributed by atoms with van der Waals surface area (Å²) in [7, 11) is -4.32. The highest BCUT2D eigenvalue weighted by atomic mass is 32.2. The molecule has 0 aromatic rings. The Bertz CT molecular complexity index is 346. The number of nitrogens with one attached hydrogen (secondary N) is 2. The summed E-state index contributed by atoms with van der Waals surface area (Å²) in [6.45, 7) is 2.09. The summed E-state index contributed by atoms with van der Waals surface area (Å²) in [5.41, 5.74) is 0. The van der Waals surface area contributed by atoms with Crippen LogP contribution in [-0.4, -0.2) is 44.8 Å². The second-order valence-electron chi connectivity index (χ2n) is 3.31. The lowest BCUT2D eigenvalue weighted by Crippen LogP contribution is -2.45. The number of alkyl halides is 2. The van der Waals surface area contributed by atoms with Crippen molar-refractivity contribution < 1.29 is 31.8 Å². The van der Waals surface area contributed by atoms with Gasteiger partial charge >= 0.3 is 16.3 Å². The van der Waals surface area contributed by atoms with Gasteiger partial charge in [0.1, 0.15) is 6.10 Å². The van der Waals surface area contributed by atoms with Crippen LogP contribution in [0.4, 0.5) is 13.6 Å². The Kier molecular flexibility index (Phi) is 6.27. The minimum absolute atomic E-state index is 0.531. The van der Waals surface area contributed by atoms with Crippen molar-refractivity contribution in [3.8, 4) is 0 Å². The highest BCUT2D eigenvalue weighted by Gasteiger charge is 2.21. The van der Waals surface area contributed by atoms with Crippen LogP contribution in [0, 0.1) is 0 Å². The Morgan fingerprint density at radius 3 is 2.35 bits per heavy atom. The molecule has 1 atom stereocenters. The lowest BCUT2D eigenvalue weighted by Gasteiger charge is -2.12. The van der Waals surface area contributed by atoms with Crippen molar-refractivity contribution in [1.82, 2.24) is 9.44 Å². The first-order chi connectivity index (χ1) is 7.64. The number of rotatable bonds is 6. The first-order valence-electron chi connectivity index (χ1n) is 4.58. The van der Waals surface area contributed by atoms with E-state index in [0.29, 0.717) is 0 Å². The lowest BCUT2D eigenvalue weighted by atomic mass is 10.4. The average Bonchev–Trinajstić information content (AvgIpc) is 2.11. The molecule has 0 aliphatic rings. The highest BCUT2D eigenvalue weighted by molar-refractivity contribution is 7.88. The third-order valence-corrected chi connectivity index (χ3v) is 2.32. The molecule has 0 rings (SSSR count). The summed E-state index contributed by atoms with van der Waals surface area (Å²) in [5.74, 6) is 0. The van der Waals surface area contributed by atoms with E-state index in [1.807, 2.05) is 0 Å². The van der Waals surface area contributed by atoms with Gasteiger partial charge in [-0.1, -0.05) is 0 Å². The van der Waals surface area contributed by atoms with Gasteiger partial charge in [-0.25, -0.2) is 18.3 Å². The monoisotopic (exact) mass is 276 g/mol. The number of ether oxygens (including phenoxy) is 1. The maximum atomic E-state index is 11.8. The second-order valence-corrected chi connectivity index (χ2v) is 4.81. The van der Waals surface area contributed by atoms with Gasteiger partial charge in [-0.15, -0.1) is 0 Å². The van der Waals surface area contributed by atoms with Crippen molar-refractivity contribution >= 4 is 16.3 Å². The summed E-state index contributed by atoms with van der Waals surface area (Å²) >= 11 is 0. The smallest absolute Gasteiger partial charge is 0.422 e. The zero-order chi connectivity index (χ0) is 13.6. The van der Waals surface area contributed by atoms with Gasteiger partial charge in [-0.05, 0) is 13.8 Å². The molecule has 0 aromatic heterocycles. The van der Waals surface area contributed by atoms with E-state index in [4.69, 9.17) is 5.11 Å². The van der Waals surface area contributed by atoms with Crippen molar-refractivity contribution in [2.45, 2.75) is 32.5 Å². The van der Waals surface area contributed by atoms with E-state index in [0.717, 1.165) is 0 Å². The molecule has 0 bridgehead atoms. The van der Waals surface area contributed by atoms with Crippen molar-refractivity contribution in [2.75, 3.05) is 6.54 Å². The summed E-state index contributed by atoms with van der Waals surface area (Å²) in [4.78, 5) is 10.9. The molecule has 17 heavy (non-hydrogen) atoms. The minimum atomic E-state index is -4.32. The van der Waals surface area contributed by atoms with Gasteiger partial charge in [0, 0.05) is 6.54 Å². The molecule has 0 fully saturated rings. The van der Waals surface area contributed by atoms with Gasteiger partial charge in [0.2, 0.25) is 0 Å². The first-order valence-corrected chi connectivity index (χ1v) is 6.06. The molecule has 0 aliphatic heterocycles. The largest absolute Gasteiger partial charge is 0.446 e. The van der Waals surface area contributed by atoms with Gasteiger partial charge in [-0.2, -0.15) is 13.1 Å². The van der Waals surface area contributed by atoms with Gasteiger partial charge in [0.15, 0.2) is 0 Å². The molecule has 0 aliphatic carbocycles. The lowest BCUT2D eigenvalue weighted by molar-refractivity contribution is -0.000487. The zero-order valence-electron chi connectivity index (χ0n) is 9.18. The SMILES string of the molecule is CC(C)OC(=O)NS(=O)(=O)NCC(O)C(F)F. The van der Waals surface area contributed by atoms with Crippen LogP contribution >= 0.6 is 0 Å². The van der Waals surface area contributed by atoms with E-state index in [1.165, 1.54) is 18.6 Å². The van der Waals surface area contributed by atoms with Gasteiger partial charge < -0.3 is 9.84 Å². The Hall–Kier alpha value is -1.00. The molecule has 1 amide bonds. The van der Waals surface area contributed by atoms with Gasteiger partial charge in [-0.3, -0.25) is 0 Å². The number of hydrogen-bond donors (Lipinski definition) is 3. The number of amides is 1. The second kappa shape index (κ2) is 6.67. The van der Waals surface area contributed by atoms with E-state index in [-0.39, 0.29) is 0 Å². The standard InChI is InChI=1S/C7H14F2N2O5S/c1-4(2)16-7(13)11-17(14,15)10-3-5(12)6(8)9/h4-6,10,12H,3H2,1-2H3,(H,11,13). The Morgan fingerprint density at radius 2 is 1.94 bits per heavy atom. The molecule has 10 heteroatoms. The van der Waals surface area contributed by atoms with Gasteiger partial charge in [0.25, 0.3) is 6.43 Å². The molecule has 0 aromatic carbocycles. The molecule has 7 nitrogen and oxygen atoms in total. The van der Waals surface area contributed by atoms with Crippen molar-refractivity contribution in [3.05, 3.63) is 0 Å². The topological polar surface area (TPSA) is 105 Å². The van der Waals surface area contributed by atoms with Crippen LogP contribution in [0.15, 0.2) is 0 Å². The Labute approximate surface area is 97.3 Å². The van der Waals surface area contributed by atoms with E-state index in [2.05, 4.69) is 4.74 Å². The molecule has 0 spiro atoms. The molecular formula is C7H14F2N2O5S. The Morgan fingerprint density at radius 1 is 1.41 bits per heavy atom. The molecule has 102 valence electrons. The molecular weight excluding hydrogens is 262 g/mol. The van der Waals surface area contributed by atoms with Crippen LogP contribution < -0.4 is 9.44 Å². The van der Waals surface area contributed by atoms with Crippen LogP contribution in [0.5, 0.6) is 0 Å². The number of aliphatic hydroxyl groups is 1. The van der Waals surface area contributed by atoms with Crippen LogP contribution in [0.3, 0.4) is 0 Å². The Balaban J connectivity index is 4.17. The van der Waals surface area contributed by atoms with E-state index < -0.39 is 41.5 Å². The number of aliphatic hydroxyl groups excluding tert-OH is 1. The first kappa shape index (κ1) is 16.0. The maximum absolute atomic E-state index is 11.8. The molecule has 0 saturated carbocycles. The number of carbonyl (C=O) groups excluding carboxylic acids is 1. The molecule has 0 radical (unpaired) electrons. The van der Waals surface area contributed by atoms with E-state index >= 15 is 0 Å². The number of carbonyl (C=O) groups is 1. The summed E-state index contributed by atoms with van der Waals surface area (Å²) in [5, 5.41) is 8.65. The van der Waals surface area contributed by atoms with E-state index in [1.54, 1.807) is 4.72 Å². The third kappa shape index (κ3) is 7.82. The molecule has 1 unspecified atom stereocenters. The zero-order valence-corrected chi connectivity index (χ0v) is 10.0. The van der Waals surface area contributed by atoms with Crippen LogP contribution in [0.1, 0.15) is 13.8 Å². The normalized spacial score (nSPS) is 13.8. The van der Waals surface area contributed by atoms with E-state index in [9.17, 15) is 22.0 Å². The quantitative estimate of drug-likeness (QED) is 0.611. The minimum Gasteiger partial charge on any atom is -0.446 e. The van der Waals surface area contributed by atoms with Crippen LogP contribution in [-0.2, 0) is 14.9 Å². The van der Waals surface area contributed by atoms with Crippen molar-refractivity contribution in [1.29, 1.82) is 0 Å². The molecule has 3 N–H and O–H groups in total. The van der Waals surface area contributed by atoms with Crippen molar-refractivity contribution in [3.63, 3.8) is 0 Å². The average molecular weight is 276 g/mol. The molecule has 0 saturated heterocycles. The summed E-state index contributed by atoms with van der Waals surface area (Å²) in [6.07, 6.45) is -7.00. The fourth-order valence-corrected chi connectivity index (χ4v) is 1.40. The maximum Gasteiger partial charge on any atom is 0.422 e. The predicted octanol–water partition coefficient (Wildman–Crippen LogP) is -0.419. The molecule has 0 heterocycles. The number of hydrogen-bond acceptors (Lipinski definition) is 5. The summed E-state index contributed by atoms with van der Waals surface area (Å²) < 4.78 is 53.3. The van der Waals surface area contributed by atoms with Crippen LogP contribution in [0.2, 0.25) is 0 Å². The predicted molar refractivity (Wildman–Crippen MR) is 53.7 cm³/mol. The highest BCUT2D eigenvalue weighted by Crippen LogP contribution is 1.99. The van der Waals surface area contributed by atoms with Gasteiger partial charge in [0.05, 0.1) is 6.10 Å². The number of halogens is 2. The fraction of sp³-hybridized carbons (Fsp3) is 0.857. The third-order valence-electron chi connectivity index (χ3n) is 1.33.